The second-order valence-electron chi connectivity index (χ2n) is 12.2. The van der Waals surface area contributed by atoms with Gasteiger partial charge < -0.3 is 30.3 Å². The number of carbonyl (C=O) groups is 2. The van der Waals surface area contributed by atoms with Crippen molar-refractivity contribution in [3.63, 3.8) is 0 Å². The summed E-state index contributed by atoms with van der Waals surface area (Å²) in [6.07, 6.45) is 2.70. The predicted octanol–water partition coefficient (Wildman–Crippen LogP) is 2.84. The van der Waals surface area contributed by atoms with Crippen molar-refractivity contribution in [2.45, 2.75) is 45.4 Å². The van der Waals surface area contributed by atoms with E-state index in [4.69, 9.17) is 19.8 Å². The van der Waals surface area contributed by atoms with Crippen LogP contribution in [-0.2, 0) is 11.3 Å². The Balaban J connectivity index is 1.33. The molecule has 2 aliphatic heterocycles. The van der Waals surface area contributed by atoms with E-state index in [1.165, 1.54) is 0 Å². The zero-order valence-corrected chi connectivity index (χ0v) is 26.7. The van der Waals surface area contributed by atoms with Crippen molar-refractivity contribution in [1.82, 2.24) is 35.4 Å². The fourth-order valence-electron chi connectivity index (χ4n) is 5.78. The average Bonchev–Trinajstić information content (AvgIpc) is 3.50. The number of hydrogen-bond acceptors (Lipinski definition) is 10. The standard InChI is InChI=1S/C34H41N9O4/c1-23(2)30-32-39-31(24-7-4-3-5-8-24)40-43(32)19-20-47-27-10-6-9-25(21-27)33(46)35-15-18-42(22-29(45)38-30)34-36-14-11-28(37-34)41-16-12-26(44)13-17-41/h3-11,14,21,23,26,30,44H,12-13,15-20,22H2,1-2H3,(H,35,46)(H,38,45)/t30-/m0/s1. The summed E-state index contributed by atoms with van der Waals surface area (Å²) in [6.45, 7) is 6.59. The summed E-state index contributed by atoms with van der Waals surface area (Å²) in [7, 11) is 0. The van der Waals surface area contributed by atoms with Crippen molar-refractivity contribution in [2.75, 3.05) is 49.1 Å². The highest BCUT2D eigenvalue weighted by Crippen LogP contribution is 2.25. The molecule has 47 heavy (non-hydrogen) atoms. The van der Waals surface area contributed by atoms with Gasteiger partial charge in [-0.2, -0.15) is 10.1 Å². The Labute approximate surface area is 274 Å². The first kappa shape index (κ1) is 31.9. The minimum Gasteiger partial charge on any atom is -0.492 e. The highest BCUT2D eigenvalue weighted by molar-refractivity contribution is 5.94. The number of aromatic nitrogens is 5. The normalized spacial score (nSPS) is 18.6. The maximum atomic E-state index is 13.8. The second kappa shape index (κ2) is 14.6. The zero-order chi connectivity index (χ0) is 32.8. The lowest BCUT2D eigenvalue weighted by atomic mass is 10.0. The number of amides is 2. The smallest absolute Gasteiger partial charge is 0.251 e. The van der Waals surface area contributed by atoms with Crippen molar-refractivity contribution in [3.05, 3.63) is 78.2 Å². The number of nitrogens with one attached hydrogen (secondary N) is 2. The number of fused-ring (bicyclic) bond motifs is 3. The molecule has 13 nitrogen and oxygen atoms in total. The van der Waals surface area contributed by atoms with Gasteiger partial charge in [-0.25, -0.2) is 14.6 Å². The fourth-order valence-corrected chi connectivity index (χ4v) is 5.78. The van der Waals surface area contributed by atoms with Gasteiger partial charge in [-0.15, -0.1) is 0 Å². The molecule has 2 aliphatic rings. The Bertz CT molecular complexity index is 1670. The maximum Gasteiger partial charge on any atom is 0.251 e. The molecule has 4 aromatic rings. The van der Waals surface area contributed by atoms with Crippen LogP contribution in [0.15, 0.2) is 66.9 Å². The molecule has 2 amide bonds. The Hall–Kier alpha value is -5.04. The molecule has 0 unspecified atom stereocenters. The number of hydrogen-bond donors (Lipinski definition) is 3. The van der Waals surface area contributed by atoms with Crippen LogP contribution < -0.4 is 25.2 Å². The van der Waals surface area contributed by atoms with E-state index in [2.05, 4.69) is 20.5 Å². The van der Waals surface area contributed by atoms with Crippen LogP contribution in [0.4, 0.5) is 11.8 Å². The zero-order valence-electron chi connectivity index (χ0n) is 26.7. The monoisotopic (exact) mass is 639 g/mol. The fraction of sp³-hybridized carbons (Fsp3) is 0.412. The number of benzene rings is 2. The van der Waals surface area contributed by atoms with Crippen LogP contribution in [0.2, 0.25) is 0 Å². The molecular weight excluding hydrogens is 598 g/mol. The van der Waals surface area contributed by atoms with Crippen LogP contribution >= 0.6 is 0 Å². The first-order chi connectivity index (χ1) is 22.8. The number of nitrogens with zero attached hydrogens (tertiary/aromatic N) is 7. The van der Waals surface area contributed by atoms with Crippen molar-refractivity contribution in [1.29, 1.82) is 0 Å². The van der Waals surface area contributed by atoms with E-state index in [0.29, 0.717) is 61.4 Å². The van der Waals surface area contributed by atoms with Gasteiger partial charge in [0.1, 0.15) is 18.2 Å². The quantitative estimate of drug-likeness (QED) is 0.304. The first-order valence-electron chi connectivity index (χ1n) is 16.2. The van der Waals surface area contributed by atoms with E-state index in [-0.39, 0.29) is 50.1 Å². The molecule has 4 heterocycles. The van der Waals surface area contributed by atoms with E-state index in [9.17, 15) is 14.7 Å². The Morgan fingerprint density at radius 2 is 1.70 bits per heavy atom. The van der Waals surface area contributed by atoms with E-state index < -0.39 is 6.04 Å². The summed E-state index contributed by atoms with van der Waals surface area (Å²) in [5, 5.41) is 21.0. The Kier molecular flexibility index (Phi) is 9.91. The SMILES string of the molecule is CC(C)[C@@H]1NC(=O)CN(c2nccc(N3CCC(O)CC3)n2)CCNC(=O)c2cccc(c2)OCCn2nc(-c3ccccc3)nc21. The van der Waals surface area contributed by atoms with Gasteiger partial charge in [0.25, 0.3) is 5.91 Å². The third-order valence-corrected chi connectivity index (χ3v) is 8.36. The lowest BCUT2D eigenvalue weighted by Crippen LogP contribution is -2.44. The number of ether oxygens (including phenoxy) is 1. The van der Waals surface area contributed by atoms with Crippen LogP contribution in [0.3, 0.4) is 0 Å². The number of piperidine rings is 1. The van der Waals surface area contributed by atoms with Gasteiger partial charge in [-0.1, -0.05) is 50.2 Å². The van der Waals surface area contributed by atoms with E-state index in [1.807, 2.05) is 56.3 Å². The van der Waals surface area contributed by atoms with E-state index in [1.54, 1.807) is 34.0 Å². The third-order valence-electron chi connectivity index (χ3n) is 8.36. The molecule has 0 saturated carbocycles. The summed E-state index contributed by atoms with van der Waals surface area (Å²) < 4.78 is 7.85. The van der Waals surface area contributed by atoms with Crippen molar-refractivity contribution < 1.29 is 19.4 Å². The summed E-state index contributed by atoms with van der Waals surface area (Å²) >= 11 is 0. The van der Waals surface area contributed by atoms with Crippen LogP contribution in [0, 0.1) is 5.92 Å². The summed E-state index contributed by atoms with van der Waals surface area (Å²) in [6, 6.07) is 18.2. The van der Waals surface area contributed by atoms with Gasteiger partial charge in [0.2, 0.25) is 11.9 Å². The highest BCUT2D eigenvalue weighted by Gasteiger charge is 2.28. The number of rotatable bonds is 4. The number of aliphatic hydroxyl groups excluding tert-OH is 1. The van der Waals surface area contributed by atoms with Crippen LogP contribution in [-0.4, -0.2) is 87.1 Å². The molecule has 1 fully saturated rings. The summed E-state index contributed by atoms with van der Waals surface area (Å²) in [5.41, 5.74) is 1.34. The van der Waals surface area contributed by atoms with Crippen molar-refractivity contribution >= 4 is 23.6 Å². The van der Waals surface area contributed by atoms with E-state index in [0.717, 1.165) is 11.4 Å². The van der Waals surface area contributed by atoms with Crippen LogP contribution in [0.1, 0.15) is 48.9 Å². The Morgan fingerprint density at radius 1 is 0.915 bits per heavy atom. The van der Waals surface area contributed by atoms with Gasteiger partial charge >= 0.3 is 0 Å². The molecule has 0 radical (unpaired) electrons. The van der Waals surface area contributed by atoms with Gasteiger partial charge in [-0.05, 0) is 43.0 Å². The maximum absolute atomic E-state index is 13.8. The topological polar surface area (TPSA) is 151 Å². The molecule has 246 valence electrons. The van der Waals surface area contributed by atoms with Gasteiger partial charge in [0.15, 0.2) is 11.6 Å². The molecule has 0 aliphatic carbocycles. The highest BCUT2D eigenvalue weighted by atomic mass is 16.5. The van der Waals surface area contributed by atoms with Crippen LogP contribution in [0.5, 0.6) is 5.75 Å². The molecule has 6 rings (SSSR count). The largest absolute Gasteiger partial charge is 0.492 e. The average molecular weight is 640 g/mol. The summed E-state index contributed by atoms with van der Waals surface area (Å²) in [5.74, 6) is 2.36. The minimum absolute atomic E-state index is 0.00743. The number of aliphatic hydroxyl groups is 1. The predicted molar refractivity (Wildman–Crippen MR) is 177 cm³/mol. The molecule has 13 heteroatoms. The molecule has 0 spiro atoms. The molecule has 1 atom stereocenters. The minimum atomic E-state index is -0.444. The lowest BCUT2D eigenvalue weighted by molar-refractivity contribution is -0.121. The lowest BCUT2D eigenvalue weighted by Gasteiger charge is -2.31. The van der Waals surface area contributed by atoms with Crippen LogP contribution in [0.25, 0.3) is 11.4 Å². The molecule has 2 aromatic heterocycles. The molecule has 1 saturated heterocycles. The number of anilines is 2. The molecule has 2 bridgehead atoms. The Morgan fingerprint density at radius 3 is 2.49 bits per heavy atom. The van der Waals surface area contributed by atoms with Crippen molar-refractivity contribution in [2.24, 2.45) is 5.92 Å². The molecule has 3 N–H and O–H groups in total. The van der Waals surface area contributed by atoms with Gasteiger partial charge in [0.05, 0.1) is 25.2 Å². The number of carbonyl (C=O) groups excluding carboxylic acids is 2. The van der Waals surface area contributed by atoms with Gasteiger partial charge in [0, 0.05) is 43.5 Å². The summed E-state index contributed by atoms with van der Waals surface area (Å²) in [4.78, 5) is 45.0. The molecular formula is C34H41N9O4. The first-order valence-corrected chi connectivity index (χ1v) is 16.2. The van der Waals surface area contributed by atoms with E-state index >= 15 is 0 Å². The molecule has 2 aromatic carbocycles. The van der Waals surface area contributed by atoms with Crippen molar-refractivity contribution in [3.8, 4) is 17.1 Å². The van der Waals surface area contributed by atoms with Gasteiger partial charge in [-0.3, -0.25) is 9.59 Å². The third kappa shape index (κ3) is 7.86. The second-order valence-corrected chi connectivity index (χ2v) is 12.2.